The van der Waals surface area contributed by atoms with Gasteiger partial charge in [-0.25, -0.2) is 25.6 Å². The largest absolute Gasteiger partial charge is 0.435 e. The molecule has 5 aromatic rings. The highest BCUT2D eigenvalue weighted by molar-refractivity contribution is 7.93. The number of carbonyl (C=O) groups is 2. The first-order valence-electron chi connectivity index (χ1n) is 23.2. The van der Waals surface area contributed by atoms with Crippen LogP contribution in [0.2, 0.25) is 5.02 Å². The lowest BCUT2D eigenvalue weighted by Crippen LogP contribution is -2.47. The molecule has 2 aliphatic carbocycles. The molecule has 410 valence electrons. The second-order valence-corrected chi connectivity index (χ2v) is 24.8. The van der Waals surface area contributed by atoms with Gasteiger partial charge in [-0.2, -0.15) is 49.6 Å². The summed E-state index contributed by atoms with van der Waals surface area (Å²) >= 11 is 6.72. The fourth-order valence-corrected chi connectivity index (χ4v) is 10.9. The molecular weight excluding hydrogens is 1080 g/mol. The molecule has 28 heteroatoms. The van der Waals surface area contributed by atoms with Crippen molar-refractivity contribution in [2.75, 3.05) is 37.5 Å². The second-order valence-electron chi connectivity index (χ2n) is 19.9. The number of hydrogen-bond donors (Lipinski definition) is 2. The number of aryl methyl sites for hydroxylation is 1. The van der Waals surface area contributed by atoms with Gasteiger partial charge in [0.05, 0.1) is 44.7 Å². The number of pyridine rings is 1. The van der Waals surface area contributed by atoms with Gasteiger partial charge < -0.3 is 16.0 Å². The molecule has 0 saturated heterocycles. The number of rotatable bonds is 20. The van der Waals surface area contributed by atoms with Crippen LogP contribution in [0.15, 0.2) is 42.5 Å². The van der Waals surface area contributed by atoms with E-state index >= 15 is 8.78 Å². The first-order chi connectivity index (χ1) is 34.5. The van der Waals surface area contributed by atoms with Gasteiger partial charge in [0.2, 0.25) is 15.9 Å². The smallest absolute Gasteiger partial charge is 0.346 e. The molecule has 0 radical (unpaired) electrons. The lowest BCUT2D eigenvalue weighted by atomic mass is 9.93. The second kappa shape index (κ2) is 20.5. The molecule has 0 spiro atoms. The lowest BCUT2D eigenvalue weighted by molar-refractivity contribution is -0.143. The van der Waals surface area contributed by atoms with Gasteiger partial charge in [-0.15, -0.1) is 0 Å². The molecule has 0 bridgehead atoms. The summed E-state index contributed by atoms with van der Waals surface area (Å²) in [5, 5.41) is 8.98. The van der Waals surface area contributed by atoms with Crippen molar-refractivity contribution in [2.24, 2.45) is 11.7 Å². The SMILES string of the molecule is CN(C)CCCC[C@H](N)C(=O)N(c1nn(CC(F)(F)F)c2c(-c3ccc(CCC(C)(C)S(C)(=O)=O)nc3[C@H](Cc3cc(F)cc(F)c3)NC(=O)Cn3nc(C(F)(F)F)c4c3C(F)(F)C3C[C@H]43)ccc(Cl)c12)S(C)(=O)=O. The number of amides is 2. The molecule has 1 unspecified atom stereocenters. The van der Waals surface area contributed by atoms with Crippen LogP contribution in [0.1, 0.15) is 91.8 Å². The number of hydrogen-bond acceptors (Lipinski definition) is 11. The monoisotopic (exact) mass is 1130 g/mol. The molecule has 15 nitrogen and oxygen atoms in total. The molecule has 2 aliphatic rings. The Morgan fingerprint density at radius 2 is 1.57 bits per heavy atom. The van der Waals surface area contributed by atoms with Crippen LogP contribution >= 0.6 is 11.6 Å². The van der Waals surface area contributed by atoms with Gasteiger partial charge in [0.15, 0.2) is 21.3 Å². The van der Waals surface area contributed by atoms with Gasteiger partial charge in [0, 0.05) is 40.6 Å². The number of aromatic nitrogens is 5. The maximum absolute atomic E-state index is 15.6. The first-order valence-corrected chi connectivity index (χ1v) is 27.3. The van der Waals surface area contributed by atoms with E-state index in [1.54, 1.807) is 14.1 Å². The summed E-state index contributed by atoms with van der Waals surface area (Å²) in [7, 11) is -4.91. The van der Waals surface area contributed by atoms with Gasteiger partial charge in [-0.1, -0.05) is 30.2 Å². The van der Waals surface area contributed by atoms with Crippen molar-refractivity contribution in [2.45, 2.75) is 113 Å². The topological polar surface area (TPSA) is 195 Å². The molecule has 2 amide bonds. The number of anilines is 1. The zero-order chi connectivity index (χ0) is 55.7. The number of alkyl halides is 8. The molecule has 2 aromatic carbocycles. The quantitative estimate of drug-likeness (QED) is 0.0563. The Morgan fingerprint density at radius 3 is 2.16 bits per heavy atom. The van der Waals surface area contributed by atoms with Crippen molar-refractivity contribution in [3.05, 3.63) is 93.0 Å². The maximum atomic E-state index is 15.6. The number of nitrogens with zero attached hydrogens (tertiary/aromatic N) is 7. The van der Waals surface area contributed by atoms with E-state index in [-0.39, 0.29) is 62.7 Å². The van der Waals surface area contributed by atoms with E-state index in [1.165, 1.54) is 32.0 Å². The lowest BCUT2D eigenvalue weighted by Gasteiger charge is -2.25. The summed E-state index contributed by atoms with van der Waals surface area (Å²) in [4.78, 5) is 34.9. The molecular formula is C47H52ClF10N9O6S2. The Labute approximate surface area is 429 Å². The standard InChI is InChI=1S/C47H52ClF10N9O6S2/c1-44(2,74(5,70)71)15-14-27-10-11-28(29-12-13-32(48)37-39(29)66(23-45(51,52)53)63-42(37)67(75(6,72)73)43(69)33(59)9-7-8-16-64(3)4)38(60-27)34(19-24-17-25(49)20-26(50)18-24)61-35(68)22-65-41-36(40(62-65)47(56,57)58)30-21-31(30)46(41,54)55/h10-13,17-18,20,30-31,33-34H,7-9,14-16,19,21-23,59H2,1-6H3,(H,61,68)/t30-,31?,33-,34-/m0/s1. The maximum Gasteiger partial charge on any atom is 0.435 e. The number of fused-ring (bicyclic) bond motifs is 4. The van der Waals surface area contributed by atoms with E-state index in [9.17, 15) is 61.5 Å². The van der Waals surface area contributed by atoms with Crippen LogP contribution in [0.25, 0.3) is 22.0 Å². The first kappa shape index (κ1) is 57.3. The number of carbonyl (C=O) groups excluding carboxylic acids is 2. The number of unbranched alkanes of at least 4 members (excludes halogenated alkanes) is 1. The minimum Gasteiger partial charge on any atom is -0.346 e. The Bertz CT molecular complexity index is 3250. The van der Waals surface area contributed by atoms with Crippen LogP contribution < -0.4 is 15.4 Å². The van der Waals surface area contributed by atoms with Crippen LogP contribution in [-0.2, 0) is 67.5 Å². The average molecular weight is 1130 g/mol. The highest BCUT2D eigenvalue weighted by Crippen LogP contribution is 2.68. The Kier molecular flexibility index (Phi) is 15.7. The minimum atomic E-state index is -5.21. The zero-order valence-corrected chi connectivity index (χ0v) is 43.4. The van der Waals surface area contributed by atoms with Crippen LogP contribution in [0.4, 0.5) is 49.7 Å². The summed E-state index contributed by atoms with van der Waals surface area (Å²) in [6.07, 6.45) is -9.08. The summed E-state index contributed by atoms with van der Waals surface area (Å²) in [6, 6.07) is 3.87. The average Bonchev–Trinajstić information content (AvgIpc) is 3.78. The van der Waals surface area contributed by atoms with Crippen molar-refractivity contribution in [3.8, 4) is 11.1 Å². The molecule has 1 fully saturated rings. The molecule has 1 saturated carbocycles. The van der Waals surface area contributed by atoms with Crippen molar-refractivity contribution in [1.29, 1.82) is 0 Å². The number of halogens is 11. The third kappa shape index (κ3) is 12.3. The van der Waals surface area contributed by atoms with E-state index < -0.39 is 148 Å². The highest BCUT2D eigenvalue weighted by atomic mass is 35.5. The van der Waals surface area contributed by atoms with Gasteiger partial charge in [0.25, 0.3) is 11.8 Å². The Morgan fingerprint density at radius 1 is 0.933 bits per heavy atom. The van der Waals surface area contributed by atoms with Crippen molar-refractivity contribution < 1.29 is 70.3 Å². The van der Waals surface area contributed by atoms with E-state index in [4.69, 9.17) is 22.3 Å². The molecule has 0 aliphatic heterocycles. The molecule has 75 heavy (non-hydrogen) atoms. The predicted molar refractivity (Wildman–Crippen MR) is 257 cm³/mol. The van der Waals surface area contributed by atoms with E-state index in [0.717, 1.165) is 24.5 Å². The summed E-state index contributed by atoms with van der Waals surface area (Å²) in [6.45, 7) is 0.211. The third-order valence-corrected chi connectivity index (χ3v) is 16.9. The molecule has 3 aromatic heterocycles. The van der Waals surface area contributed by atoms with E-state index in [1.807, 2.05) is 4.90 Å². The van der Waals surface area contributed by atoms with Gasteiger partial charge >= 0.3 is 12.4 Å². The predicted octanol–water partition coefficient (Wildman–Crippen LogP) is 8.22. The van der Waals surface area contributed by atoms with Crippen LogP contribution in [-0.4, -0.2) is 108 Å². The van der Waals surface area contributed by atoms with Gasteiger partial charge in [-0.3, -0.25) is 23.9 Å². The van der Waals surface area contributed by atoms with Crippen LogP contribution in [0, 0.1) is 17.6 Å². The summed E-state index contributed by atoms with van der Waals surface area (Å²) < 4.78 is 200. The van der Waals surface area contributed by atoms with E-state index in [2.05, 4.69) is 15.5 Å². The summed E-state index contributed by atoms with van der Waals surface area (Å²) in [5.41, 5.74) is 1.15. The fraction of sp³-hybridized carbons (Fsp3) is 0.511. The Hall–Kier alpha value is -5.38. The van der Waals surface area contributed by atoms with E-state index in [0.29, 0.717) is 36.4 Å². The molecule has 3 N–H and O–H groups in total. The Balaban J connectivity index is 1.44. The highest BCUT2D eigenvalue weighted by Gasteiger charge is 2.68. The number of nitrogens with two attached hydrogens (primary N) is 1. The number of sulfonamides is 1. The number of benzene rings is 2. The molecule has 7 rings (SSSR count). The number of sulfone groups is 1. The summed E-state index contributed by atoms with van der Waals surface area (Å²) in [5.74, 6) is -12.2. The molecule has 3 heterocycles. The van der Waals surface area contributed by atoms with Crippen molar-refractivity contribution >= 4 is 60.0 Å². The fourth-order valence-electron chi connectivity index (χ4n) is 9.31. The van der Waals surface area contributed by atoms with Crippen LogP contribution in [0.5, 0.6) is 0 Å². The minimum absolute atomic E-state index is 0.0558. The normalized spacial score (nSPS) is 17.5. The van der Waals surface area contributed by atoms with Crippen molar-refractivity contribution in [1.82, 2.24) is 34.8 Å². The number of nitrogens with one attached hydrogen (secondary N) is 1. The van der Waals surface area contributed by atoms with Gasteiger partial charge in [-0.05, 0) is 109 Å². The zero-order valence-electron chi connectivity index (χ0n) is 41.1. The van der Waals surface area contributed by atoms with Crippen molar-refractivity contribution in [3.63, 3.8) is 0 Å². The van der Waals surface area contributed by atoms with Crippen LogP contribution in [0.3, 0.4) is 0 Å². The van der Waals surface area contributed by atoms with Gasteiger partial charge in [0.1, 0.15) is 30.4 Å². The third-order valence-electron chi connectivity index (χ3n) is 13.3. The molecule has 4 atom stereocenters.